The van der Waals surface area contributed by atoms with E-state index in [1.165, 1.54) is 0 Å². The van der Waals surface area contributed by atoms with Crippen LogP contribution in [-0.2, 0) is 0 Å². The second-order valence-corrected chi connectivity index (χ2v) is 6.09. The monoisotopic (exact) mass is 326 g/mol. The number of amides is 1. The lowest BCUT2D eigenvalue weighted by Gasteiger charge is -2.26. The molecule has 126 valence electrons. The van der Waals surface area contributed by atoms with Crippen LogP contribution in [0.5, 0.6) is 5.88 Å². The van der Waals surface area contributed by atoms with E-state index in [-0.39, 0.29) is 11.9 Å². The normalized spacial score (nSPS) is 17.0. The van der Waals surface area contributed by atoms with Crippen LogP contribution >= 0.6 is 0 Å². The predicted octanol–water partition coefficient (Wildman–Crippen LogP) is 2.53. The minimum absolute atomic E-state index is 0.0101. The largest absolute Gasteiger partial charge is 0.481 e. The summed E-state index contributed by atoms with van der Waals surface area (Å²) in [6, 6.07) is 7.62. The van der Waals surface area contributed by atoms with Crippen molar-refractivity contribution in [3.63, 3.8) is 0 Å². The Morgan fingerprint density at radius 3 is 2.79 bits per heavy atom. The van der Waals surface area contributed by atoms with Gasteiger partial charge in [-0.3, -0.25) is 4.79 Å². The molecule has 0 aromatic carbocycles. The lowest BCUT2D eigenvalue weighted by Crippen LogP contribution is -2.30. The molecule has 2 aromatic heterocycles. The van der Waals surface area contributed by atoms with E-state index in [1.807, 2.05) is 30.0 Å². The van der Waals surface area contributed by atoms with Crippen LogP contribution in [0.15, 0.2) is 36.7 Å². The number of carbonyl (C=O) groups excluding carboxylic acids is 1. The number of nitrogens with zero attached hydrogens (tertiary/aromatic N) is 4. The van der Waals surface area contributed by atoms with Crippen molar-refractivity contribution in [1.29, 1.82) is 0 Å². The van der Waals surface area contributed by atoms with Crippen LogP contribution in [-0.4, -0.2) is 48.5 Å². The molecule has 1 amide bonds. The standard InChI is InChI=1S/C18H22N4O2/c1-21(2)16-11-13(8-9-19-16)15-5-4-10-22(15)18(23)14-6-7-17(24-3)20-12-14/h6-9,11-12,15H,4-5,10H2,1-3H3/t15-/m1/s1. The van der Waals surface area contributed by atoms with Crippen LogP contribution < -0.4 is 9.64 Å². The third kappa shape index (κ3) is 3.18. The van der Waals surface area contributed by atoms with Crippen molar-refractivity contribution in [1.82, 2.24) is 14.9 Å². The quantitative estimate of drug-likeness (QED) is 0.864. The molecular weight excluding hydrogens is 304 g/mol. The maximum atomic E-state index is 12.9. The molecule has 1 aliphatic rings. The number of carbonyl (C=O) groups is 1. The number of rotatable bonds is 4. The molecule has 1 aliphatic heterocycles. The van der Waals surface area contributed by atoms with Gasteiger partial charge in [0.1, 0.15) is 5.82 Å². The molecule has 0 N–H and O–H groups in total. The van der Waals surface area contributed by atoms with Gasteiger partial charge in [-0.25, -0.2) is 9.97 Å². The third-order valence-electron chi connectivity index (χ3n) is 4.32. The summed E-state index contributed by atoms with van der Waals surface area (Å²) in [6.45, 7) is 0.759. The first-order valence-corrected chi connectivity index (χ1v) is 8.04. The fraction of sp³-hybridized carbons (Fsp3) is 0.389. The highest BCUT2D eigenvalue weighted by Crippen LogP contribution is 2.34. The van der Waals surface area contributed by atoms with E-state index in [0.717, 1.165) is 30.8 Å². The molecule has 1 fully saturated rings. The number of ether oxygens (including phenoxy) is 1. The number of hydrogen-bond donors (Lipinski definition) is 0. The van der Waals surface area contributed by atoms with Crippen LogP contribution in [0, 0.1) is 0 Å². The molecule has 0 unspecified atom stereocenters. The second kappa shape index (κ2) is 6.86. The number of anilines is 1. The summed E-state index contributed by atoms with van der Waals surface area (Å²) >= 11 is 0. The topological polar surface area (TPSA) is 58.6 Å². The fourth-order valence-corrected chi connectivity index (χ4v) is 3.04. The number of pyridine rings is 2. The minimum Gasteiger partial charge on any atom is -0.481 e. The average Bonchev–Trinajstić information content (AvgIpc) is 3.11. The predicted molar refractivity (Wildman–Crippen MR) is 92.4 cm³/mol. The first kappa shape index (κ1) is 16.2. The van der Waals surface area contributed by atoms with Crippen LogP contribution in [0.2, 0.25) is 0 Å². The summed E-state index contributed by atoms with van der Waals surface area (Å²) in [5, 5.41) is 0. The Balaban J connectivity index is 1.84. The van der Waals surface area contributed by atoms with Crippen molar-refractivity contribution in [2.75, 3.05) is 32.6 Å². The minimum atomic E-state index is 0.0101. The SMILES string of the molecule is COc1ccc(C(=O)N2CCC[C@@H]2c2ccnc(N(C)C)c2)cn1. The van der Waals surface area contributed by atoms with E-state index in [4.69, 9.17) is 4.74 Å². The van der Waals surface area contributed by atoms with Gasteiger partial charge in [0.05, 0.1) is 18.7 Å². The van der Waals surface area contributed by atoms with Crippen LogP contribution in [0.25, 0.3) is 0 Å². The average molecular weight is 326 g/mol. The van der Waals surface area contributed by atoms with Gasteiger partial charge in [0, 0.05) is 39.1 Å². The summed E-state index contributed by atoms with van der Waals surface area (Å²) < 4.78 is 5.05. The maximum Gasteiger partial charge on any atom is 0.255 e. The molecule has 3 heterocycles. The molecule has 0 spiro atoms. The van der Waals surface area contributed by atoms with E-state index in [2.05, 4.69) is 16.0 Å². The Hall–Kier alpha value is -2.63. The molecule has 0 radical (unpaired) electrons. The maximum absolute atomic E-state index is 12.9. The Morgan fingerprint density at radius 1 is 1.29 bits per heavy atom. The van der Waals surface area contributed by atoms with Gasteiger partial charge >= 0.3 is 0 Å². The summed E-state index contributed by atoms with van der Waals surface area (Å²) in [5.41, 5.74) is 1.71. The van der Waals surface area contributed by atoms with E-state index in [0.29, 0.717) is 11.4 Å². The first-order valence-electron chi connectivity index (χ1n) is 8.04. The van der Waals surface area contributed by atoms with Gasteiger partial charge in [-0.2, -0.15) is 0 Å². The Labute approximate surface area is 142 Å². The molecule has 2 aromatic rings. The van der Waals surface area contributed by atoms with E-state index >= 15 is 0 Å². The van der Waals surface area contributed by atoms with Gasteiger partial charge in [-0.1, -0.05) is 0 Å². The van der Waals surface area contributed by atoms with Crippen molar-refractivity contribution < 1.29 is 9.53 Å². The smallest absolute Gasteiger partial charge is 0.255 e. The van der Waals surface area contributed by atoms with Gasteiger partial charge in [-0.05, 0) is 36.6 Å². The van der Waals surface area contributed by atoms with Gasteiger partial charge < -0.3 is 14.5 Å². The molecule has 0 aliphatic carbocycles. The number of likely N-dealkylation sites (tertiary alicyclic amines) is 1. The van der Waals surface area contributed by atoms with Crippen LogP contribution in [0.1, 0.15) is 34.8 Å². The third-order valence-corrected chi connectivity index (χ3v) is 4.32. The van der Waals surface area contributed by atoms with Crippen molar-refractivity contribution in [2.45, 2.75) is 18.9 Å². The molecule has 24 heavy (non-hydrogen) atoms. The zero-order valence-corrected chi connectivity index (χ0v) is 14.3. The summed E-state index contributed by atoms with van der Waals surface area (Å²) in [6.07, 6.45) is 5.35. The molecule has 6 nitrogen and oxygen atoms in total. The Morgan fingerprint density at radius 2 is 2.12 bits per heavy atom. The fourth-order valence-electron chi connectivity index (χ4n) is 3.04. The highest BCUT2D eigenvalue weighted by atomic mass is 16.5. The van der Waals surface area contributed by atoms with E-state index in [1.54, 1.807) is 31.6 Å². The summed E-state index contributed by atoms with van der Waals surface area (Å²) in [4.78, 5) is 25.3. The first-order chi connectivity index (χ1) is 11.6. The Bertz CT molecular complexity index is 715. The zero-order chi connectivity index (χ0) is 17.1. The molecule has 6 heteroatoms. The zero-order valence-electron chi connectivity index (χ0n) is 14.3. The summed E-state index contributed by atoms with van der Waals surface area (Å²) in [5.74, 6) is 1.42. The molecule has 3 rings (SSSR count). The number of methoxy groups -OCH3 is 1. The Kier molecular flexibility index (Phi) is 4.64. The van der Waals surface area contributed by atoms with Gasteiger partial charge in [0.2, 0.25) is 5.88 Å². The number of aromatic nitrogens is 2. The number of hydrogen-bond acceptors (Lipinski definition) is 5. The van der Waals surface area contributed by atoms with Crippen molar-refractivity contribution in [3.8, 4) is 5.88 Å². The lowest BCUT2D eigenvalue weighted by atomic mass is 10.1. The van der Waals surface area contributed by atoms with Crippen molar-refractivity contribution in [3.05, 3.63) is 47.8 Å². The second-order valence-electron chi connectivity index (χ2n) is 6.09. The molecule has 0 bridgehead atoms. The van der Waals surface area contributed by atoms with Gasteiger partial charge in [0.15, 0.2) is 0 Å². The molecule has 1 atom stereocenters. The van der Waals surface area contributed by atoms with Gasteiger partial charge in [-0.15, -0.1) is 0 Å². The van der Waals surface area contributed by atoms with Crippen molar-refractivity contribution >= 4 is 11.7 Å². The lowest BCUT2D eigenvalue weighted by molar-refractivity contribution is 0.0735. The van der Waals surface area contributed by atoms with Crippen LogP contribution in [0.4, 0.5) is 5.82 Å². The van der Waals surface area contributed by atoms with Crippen molar-refractivity contribution in [2.24, 2.45) is 0 Å². The van der Waals surface area contributed by atoms with Gasteiger partial charge in [0.25, 0.3) is 5.91 Å². The highest BCUT2D eigenvalue weighted by Gasteiger charge is 2.31. The molecule has 1 saturated heterocycles. The molecular formula is C18H22N4O2. The molecule has 0 saturated carbocycles. The highest BCUT2D eigenvalue weighted by molar-refractivity contribution is 5.94. The van der Waals surface area contributed by atoms with E-state index < -0.39 is 0 Å². The summed E-state index contributed by atoms with van der Waals surface area (Å²) in [7, 11) is 5.49. The van der Waals surface area contributed by atoms with Crippen LogP contribution in [0.3, 0.4) is 0 Å². The van der Waals surface area contributed by atoms with E-state index in [9.17, 15) is 4.79 Å².